The van der Waals surface area contributed by atoms with E-state index in [2.05, 4.69) is 19.2 Å². The molecule has 3 nitrogen and oxygen atoms in total. The topological polar surface area (TPSA) is 47.3 Å². The van der Waals surface area contributed by atoms with Crippen molar-refractivity contribution in [2.75, 3.05) is 18.2 Å². The van der Waals surface area contributed by atoms with Crippen LogP contribution in [0, 0.1) is 0 Å². The highest BCUT2D eigenvalue weighted by Crippen LogP contribution is 2.25. The maximum absolute atomic E-state index is 5.77. The van der Waals surface area contributed by atoms with Gasteiger partial charge in [-0.1, -0.05) is 20.3 Å². The third-order valence-electron chi connectivity index (χ3n) is 2.73. The molecular weight excluding hydrogens is 200 g/mol. The van der Waals surface area contributed by atoms with Crippen LogP contribution in [-0.2, 0) is 0 Å². The molecule has 0 aromatic heterocycles. The van der Waals surface area contributed by atoms with Gasteiger partial charge in [-0.05, 0) is 25.0 Å². The first-order valence-electron chi connectivity index (χ1n) is 5.91. The summed E-state index contributed by atoms with van der Waals surface area (Å²) in [6.45, 7) is 4.40. The second kappa shape index (κ2) is 6.26. The molecule has 1 unspecified atom stereocenters. The monoisotopic (exact) mass is 222 g/mol. The number of nitrogens with one attached hydrogen (secondary N) is 1. The fourth-order valence-corrected chi connectivity index (χ4v) is 1.76. The lowest BCUT2D eigenvalue weighted by atomic mass is 10.1. The fraction of sp³-hybridized carbons (Fsp3) is 0.538. The van der Waals surface area contributed by atoms with Gasteiger partial charge in [-0.2, -0.15) is 0 Å². The van der Waals surface area contributed by atoms with E-state index in [0.29, 0.717) is 11.7 Å². The summed E-state index contributed by atoms with van der Waals surface area (Å²) in [4.78, 5) is 0. The summed E-state index contributed by atoms with van der Waals surface area (Å²) in [6, 6.07) is 6.35. The van der Waals surface area contributed by atoms with Crippen LogP contribution in [0.15, 0.2) is 18.2 Å². The summed E-state index contributed by atoms with van der Waals surface area (Å²) < 4.78 is 5.20. The van der Waals surface area contributed by atoms with Gasteiger partial charge in [-0.25, -0.2) is 0 Å². The smallest absolute Gasteiger partial charge is 0.143 e. The highest BCUT2D eigenvalue weighted by atomic mass is 16.5. The van der Waals surface area contributed by atoms with Crippen molar-refractivity contribution >= 4 is 11.4 Å². The van der Waals surface area contributed by atoms with Crippen molar-refractivity contribution in [1.82, 2.24) is 0 Å². The number of nitrogen functional groups attached to an aromatic ring is 1. The van der Waals surface area contributed by atoms with Crippen molar-refractivity contribution in [3.63, 3.8) is 0 Å². The molecule has 0 aliphatic rings. The maximum atomic E-state index is 5.77. The molecule has 90 valence electrons. The zero-order valence-corrected chi connectivity index (χ0v) is 10.4. The Morgan fingerprint density at radius 2 is 2.12 bits per heavy atom. The molecule has 1 aromatic rings. The van der Waals surface area contributed by atoms with Crippen molar-refractivity contribution in [3.05, 3.63) is 18.2 Å². The third kappa shape index (κ3) is 3.33. The van der Waals surface area contributed by atoms with E-state index in [1.165, 1.54) is 12.8 Å². The van der Waals surface area contributed by atoms with Crippen LogP contribution >= 0.6 is 0 Å². The fourth-order valence-electron chi connectivity index (χ4n) is 1.76. The van der Waals surface area contributed by atoms with Gasteiger partial charge in [0, 0.05) is 17.8 Å². The Hall–Kier alpha value is -1.38. The molecule has 3 N–H and O–H groups in total. The molecule has 0 saturated heterocycles. The second-order valence-corrected chi connectivity index (χ2v) is 3.99. The molecule has 1 rings (SSSR count). The largest absolute Gasteiger partial charge is 0.495 e. The number of ether oxygens (including phenoxy) is 1. The molecule has 3 heteroatoms. The van der Waals surface area contributed by atoms with E-state index < -0.39 is 0 Å². The first-order valence-corrected chi connectivity index (χ1v) is 5.91. The van der Waals surface area contributed by atoms with Gasteiger partial charge in [0.15, 0.2) is 0 Å². The summed E-state index contributed by atoms with van der Waals surface area (Å²) in [5.74, 6) is 0.733. The van der Waals surface area contributed by atoms with Crippen molar-refractivity contribution in [3.8, 4) is 5.75 Å². The van der Waals surface area contributed by atoms with Crippen molar-refractivity contribution < 1.29 is 4.74 Å². The van der Waals surface area contributed by atoms with Gasteiger partial charge >= 0.3 is 0 Å². The van der Waals surface area contributed by atoms with Crippen LogP contribution in [0.2, 0.25) is 0 Å². The van der Waals surface area contributed by atoms with Crippen molar-refractivity contribution in [2.45, 2.75) is 39.2 Å². The zero-order chi connectivity index (χ0) is 12.0. The third-order valence-corrected chi connectivity index (χ3v) is 2.73. The normalized spacial score (nSPS) is 12.2. The summed E-state index contributed by atoms with van der Waals surface area (Å²) in [5, 5.41) is 3.50. The van der Waals surface area contributed by atoms with Crippen molar-refractivity contribution in [2.24, 2.45) is 0 Å². The zero-order valence-electron chi connectivity index (χ0n) is 10.4. The van der Waals surface area contributed by atoms with Gasteiger partial charge in [0.2, 0.25) is 0 Å². The summed E-state index contributed by atoms with van der Waals surface area (Å²) in [6.07, 6.45) is 3.50. The van der Waals surface area contributed by atoms with E-state index in [4.69, 9.17) is 10.5 Å². The van der Waals surface area contributed by atoms with Crippen molar-refractivity contribution in [1.29, 1.82) is 0 Å². The minimum absolute atomic E-state index is 0.526. The van der Waals surface area contributed by atoms with E-state index in [-0.39, 0.29) is 0 Å². The first-order chi connectivity index (χ1) is 7.71. The van der Waals surface area contributed by atoms with Gasteiger partial charge in [0.05, 0.1) is 12.8 Å². The summed E-state index contributed by atoms with van der Waals surface area (Å²) >= 11 is 0. The molecule has 0 spiro atoms. The number of rotatable bonds is 6. The molecule has 0 radical (unpaired) electrons. The van der Waals surface area contributed by atoms with Gasteiger partial charge in [-0.15, -0.1) is 0 Å². The molecule has 0 aliphatic carbocycles. The Kier molecular flexibility index (Phi) is 4.96. The Balaban J connectivity index is 2.72. The number of hydrogen-bond donors (Lipinski definition) is 2. The number of benzene rings is 1. The summed E-state index contributed by atoms with van der Waals surface area (Å²) in [7, 11) is 1.64. The average molecular weight is 222 g/mol. The molecule has 0 heterocycles. The van der Waals surface area contributed by atoms with Crippen LogP contribution in [0.3, 0.4) is 0 Å². The minimum Gasteiger partial charge on any atom is -0.495 e. The van der Waals surface area contributed by atoms with Gasteiger partial charge in [0.25, 0.3) is 0 Å². The van der Waals surface area contributed by atoms with E-state index >= 15 is 0 Å². The van der Waals surface area contributed by atoms with Crippen LogP contribution in [-0.4, -0.2) is 13.2 Å². The molecule has 1 atom stereocenters. The van der Waals surface area contributed by atoms with Crippen LogP contribution < -0.4 is 15.8 Å². The Bertz CT molecular complexity index is 326. The van der Waals surface area contributed by atoms with E-state index in [9.17, 15) is 0 Å². The predicted octanol–water partition coefficient (Wildman–Crippen LogP) is 3.27. The molecular formula is C13H22N2O. The van der Waals surface area contributed by atoms with Gasteiger partial charge in [-0.3, -0.25) is 0 Å². The highest BCUT2D eigenvalue weighted by Gasteiger charge is 2.06. The molecule has 0 fully saturated rings. The average Bonchev–Trinajstić information content (AvgIpc) is 2.30. The van der Waals surface area contributed by atoms with Gasteiger partial charge in [0.1, 0.15) is 5.75 Å². The molecule has 1 aromatic carbocycles. The van der Waals surface area contributed by atoms with E-state index in [0.717, 1.165) is 17.9 Å². The molecule has 0 aliphatic heterocycles. The van der Waals surface area contributed by atoms with Crippen LogP contribution in [0.5, 0.6) is 5.75 Å². The SMILES string of the molecule is CCCC(CC)Nc1ccc(N)c(OC)c1. The standard InChI is InChI=1S/C13H22N2O/c1-4-6-10(5-2)15-11-7-8-12(14)13(9-11)16-3/h7-10,15H,4-6,14H2,1-3H3. The Morgan fingerprint density at radius 1 is 1.38 bits per heavy atom. The van der Waals surface area contributed by atoms with Crippen LogP contribution in [0.25, 0.3) is 0 Å². The van der Waals surface area contributed by atoms with Crippen LogP contribution in [0.1, 0.15) is 33.1 Å². The number of anilines is 2. The lowest BCUT2D eigenvalue weighted by Gasteiger charge is -2.18. The lowest BCUT2D eigenvalue weighted by molar-refractivity contribution is 0.417. The number of hydrogen-bond acceptors (Lipinski definition) is 3. The first kappa shape index (κ1) is 12.7. The molecule has 0 bridgehead atoms. The number of methoxy groups -OCH3 is 1. The molecule has 0 saturated carbocycles. The molecule has 0 amide bonds. The predicted molar refractivity (Wildman–Crippen MR) is 70.0 cm³/mol. The van der Waals surface area contributed by atoms with E-state index in [1.807, 2.05) is 18.2 Å². The van der Waals surface area contributed by atoms with Crippen LogP contribution in [0.4, 0.5) is 11.4 Å². The van der Waals surface area contributed by atoms with E-state index in [1.54, 1.807) is 7.11 Å². The highest BCUT2D eigenvalue weighted by molar-refractivity contribution is 5.61. The minimum atomic E-state index is 0.526. The number of nitrogens with two attached hydrogens (primary N) is 1. The summed E-state index contributed by atoms with van der Waals surface area (Å²) in [5.41, 5.74) is 7.52. The molecule has 16 heavy (non-hydrogen) atoms. The quantitative estimate of drug-likeness (QED) is 0.726. The lowest BCUT2D eigenvalue weighted by Crippen LogP contribution is -2.17. The Labute approximate surface area is 98.0 Å². The Morgan fingerprint density at radius 3 is 2.69 bits per heavy atom. The maximum Gasteiger partial charge on any atom is 0.143 e. The second-order valence-electron chi connectivity index (χ2n) is 3.99. The van der Waals surface area contributed by atoms with Gasteiger partial charge < -0.3 is 15.8 Å².